The van der Waals surface area contributed by atoms with E-state index in [1.807, 2.05) is 24.4 Å². The average Bonchev–Trinajstić information content (AvgIpc) is 2.81. The first-order valence-corrected chi connectivity index (χ1v) is 12.1. The number of hydrogen-bond donors (Lipinski definition) is 0. The summed E-state index contributed by atoms with van der Waals surface area (Å²) in [5.41, 5.74) is 5.37. The van der Waals surface area contributed by atoms with Crippen molar-refractivity contribution in [2.75, 3.05) is 25.2 Å². The van der Waals surface area contributed by atoms with Crippen LogP contribution in [0.1, 0.15) is 41.1 Å². The molecule has 4 nitrogen and oxygen atoms in total. The summed E-state index contributed by atoms with van der Waals surface area (Å²) in [4.78, 5) is 4.76. The number of hydrogen-bond acceptors (Lipinski definition) is 3. The largest absolute Gasteiger partial charge is 0.260 e. The summed E-state index contributed by atoms with van der Waals surface area (Å²) in [7, 11) is -3.15. The summed E-state index contributed by atoms with van der Waals surface area (Å²) in [6, 6.07) is 9.99. The lowest BCUT2D eigenvalue weighted by atomic mass is 9.76. The molecule has 148 valence electrons. The van der Waals surface area contributed by atoms with Gasteiger partial charge in [0.2, 0.25) is 10.0 Å². The first-order chi connectivity index (χ1) is 13.4. The van der Waals surface area contributed by atoms with Crippen molar-refractivity contribution in [3.05, 3.63) is 63.9 Å². The molecule has 1 aromatic heterocycles. The SMILES string of the molecule is CS(=O)(=O)N1CCC(C2c3ccc(Cl)cc3C=C(CCl)c3cccnc32)CC1. The van der Waals surface area contributed by atoms with E-state index in [2.05, 4.69) is 18.2 Å². The number of allylic oxidation sites excluding steroid dienone is 1. The van der Waals surface area contributed by atoms with Crippen LogP contribution in [0.25, 0.3) is 11.6 Å². The molecule has 0 spiro atoms. The van der Waals surface area contributed by atoms with Crippen molar-refractivity contribution in [3.8, 4) is 0 Å². The topological polar surface area (TPSA) is 50.3 Å². The third kappa shape index (κ3) is 3.73. The normalized spacial score (nSPS) is 20.8. The molecule has 2 aliphatic rings. The van der Waals surface area contributed by atoms with E-state index in [9.17, 15) is 8.42 Å². The number of sulfonamides is 1. The van der Waals surface area contributed by atoms with E-state index in [1.165, 1.54) is 11.8 Å². The van der Waals surface area contributed by atoms with Gasteiger partial charge in [0.1, 0.15) is 0 Å². The third-order valence-corrected chi connectivity index (χ3v) is 7.60. The Morgan fingerprint density at radius 1 is 1.21 bits per heavy atom. The molecular formula is C21H22Cl2N2O2S. The van der Waals surface area contributed by atoms with Gasteiger partial charge < -0.3 is 0 Å². The fourth-order valence-corrected chi connectivity index (χ4v) is 5.71. The first kappa shape index (κ1) is 19.9. The predicted octanol–water partition coefficient (Wildman–Crippen LogP) is 4.63. The Morgan fingerprint density at radius 3 is 2.64 bits per heavy atom. The lowest BCUT2D eigenvalue weighted by Crippen LogP contribution is -2.39. The van der Waals surface area contributed by atoms with Gasteiger partial charge in [0.05, 0.1) is 11.9 Å². The molecule has 0 N–H and O–H groups in total. The summed E-state index contributed by atoms with van der Waals surface area (Å²) < 4.78 is 25.4. The van der Waals surface area contributed by atoms with Gasteiger partial charge in [-0.2, -0.15) is 0 Å². The van der Waals surface area contributed by atoms with Crippen molar-refractivity contribution in [1.29, 1.82) is 0 Å². The quantitative estimate of drug-likeness (QED) is 0.658. The van der Waals surface area contributed by atoms with Crippen molar-refractivity contribution in [2.45, 2.75) is 18.8 Å². The number of pyridine rings is 1. The standard InChI is InChI=1S/C21H22Cl2N2O2S/c1-28(26,27)25-9-6-14(7-10-25)20-18-5-4-17(23)12-15(18)11-16(13-22)19-3-2-8-24-21(19)20/h2-5,8,11-12,14,20H,6-7,9-10,13H2,1H3. The summed E-state index contributed by atoms with van der Waals surface area (Å²) in [6.07, 6.45) is 6.81. The van der Waals surface area contributed by atoms with Gasteiger partial charge in [0.25, 0.3) is 0 Å². The number of benzene rings is 1. The predicted molar refractivity (Wildman–Crippen MR) is 115 cm³/mol. The zero-order valence-corrected chi connectivity index (χ0v) is 17.9. The molecule has 28 heavy (non-hydrogen) atoms. The van der Waals surface area contributed by atoms with Gasteiger partial charge in [-0.25, -0.2) is 12.7 Å². The Hall–Kier alpha value is -1.40. The fraction of sp³-hybridized carbons (Fsp3) is 0.381. The smallest absolute Gasteiger partial charge is 0.211 e. The molecule has 4 rings (SSSR count). The summed E-state index contributed by atoms with van der Waals surface area (Å²) in [5.74, 6) is 0.779. The Morgan fingerprint density at radius 2 is 1.96 bits per heavy atom. The second-order valence-corrected chi connectivity index (χ2v) is 10.2. The molecule has 1 aliphatic carbocycles. The van der Waals surface area contributed by atoms with Crippen LogP contribution in [0.15, 0.2) is 36.5 Å². The van der Waals surface area contributed by atoms with Crippen molar-refractivity contribution in [3.63, 3.8) is 0 Å². The molecule has 0 amide bonds. The van der Waals surface area contributed by atoms with E-state index in [1.54, 1.807) is 4.31 Å². The van der Waals surface area contributed by atoms with Crippen LogP contribution in [0.2, 0.25) is 5.02 Å². The van der Waals surface area contributed by atoms with E-state index in [0.29, 0.717) is 29.9 Å². The average molecular weight is 437 g/mol. The van der Waals surface area contributed by atoms with E-state index in [0.717, 1.165) is 35.2 Å². The van der Waals surface area contributed by atoms with Crippen LogP contribution >= 0.6 is 23.2 Å². The van der Waals surface area contributed by atoms with Gasteiger partial charge in [-0.3, -0.25) is 4.98 Å². The molecule has 2 aromatic rings. The van der Waals surface area contributed by atoms with Gasteiger partial charge >= 0.3 is 0 Å². The van der Waals surface area contributed by atoms with E-state index in [-0.39, 0.29) is 5.92 Å². The molecule has 1 aromatic carbocycles. The number of rotatable bonds is 3. The molecular weight excluding hydrogens is 415 g/mol. The zero-order valence-electron chi connectivity index (χ0n) is 15.6. The summed E-state index contributed by atoms with van der Waals surface area (Å²) in [5, 5.41) is 0.688. The van der Waals surface area contributed by atoms with Crippen LogP contribution in [0.3, 0.4) is 0 Å². The van der Waals surface area contributed by atoms with Crippen molar-refractivity contribution < 1.29 is 8.42 Å². The molecule has 1 unspecified atom stereocenters. The highest BCUT2D eigenvalue weighted by Crippen LogP contribution is 2.44. The maximum absolute atomic E-state index is 11.9. The van der Waals surface area contributed by atoms with Gasteiger partial charge in [-0.15, -0.1) is 11.6 Å². The molecule has 0 saturated carbocycles. The van der Waals surface area contributed by atoms with Crippen molar-refractivity contribution in [2.24, 2.45) is 5.92 Å². The highest BCUT2D eigenvalue weighted by molar-refractivity contribution is 7.88. The minimum Gasteiger partial charge on any atom is -0.260 e. The van der Waals surface area contributed by atoms with Gasteiger partial charge in [0.15, 0.2) is 0 Å². The molecule has 7 heteroatoms. The van der Waals surface area contributed by atoms with Crippen LogP contribution in [0.5, 0.6) is 0 Å². The minimum atomic E-state index is -3.15. The number of nitrogens with zero attached hydrogens (tertiary/aromatic N) is 2. The van der Waals surface area contributed by atoms with E-state index < -0.39 is 10.0 Å². The van der Waals surface area contributed by atoms with Gasteiger partial charge in [0, 0.05) is 41.7 Å². The number of aromatic nitrogens is 1. The third-order valence-electron chi connectivity index (χ3n) is 5.78. The van der Waals surface area contributed by atoms with E-state index in [4.69, 9.17) is 28.2 Å². The number of piperidine rings is 1. The van der Waals surface area contributed by atoms with E-state index >= 15 is 0 Å². The van der Waals surface area contributed by atoms with Gasteiger partial charge in [-0.1, -0.05) is 23.7 Å². The monoisotopic (exact) mass is 436 g/mol. The Balaban J connectivity index is 1.80. The summed E-state index contributed by atoms with van der Waals surface area (Å²) >= 11 is 12.6. The molecule has 1 atom stereocenters. The maximum atomic E-state index is 11.9. The molecule has 1 aliphatic heterocycles. The number of halogens is 2. The van der Waals surface area contributed by atoms with Crippen molar-refractivity contribution in [1.82, 2.24) is 9.29 Å². The van der Waals surface area contributed by atoms with Crippen LogP contribution in [0.4, 0.5) is 0 Å². The number of fused-ring (bicyclic) bond motifs is 2. The highest BCUT2D eigenvalue weighted by atomic mass is 35.5. The minimum absolute atomic E-state index is 0.0853. The van der Waals surface area contributed by atoms with Crippen LogP contribution in [-0.4, -0.2) is 42.9 Å². The number of alkyl halides is 1. The molecule has 2 heterocycles. The lowest BCUT2D eigenvalue weighted by molar-refractivity contribution is 0.256. The molecule has 0 bridgehead atoms. The van der Waals surface area contributed by atoms with Crippen LogP contribution in [0, 0.1) is 5.92 Å². The Labute approximate surface area is 176 Å². The Bertz CT molecular complexity index is 1030. The maximum Gasteiger partial charge on any atom is 0.211 e. The first-order valence-electron chi connectivity index (χ1n) is 9.35. The molecule has 1 saturated heterocycles. The second-order valence-electron chi connectivity index (χ2n) is 7.49. The zero-order chi connectivity index (χ0) is 19.9. The van der Waals surface area contributed by atoms with Crippen LogP contribution < -0.4 is 0 Å². The van der Waals surface area contributed by atoms with Crippen LogP contribution in [-0.2, 0) is 10.0 Å². The second kappa shape index (κ2) is 7.79. The fourth-order valence-electron chi connectivity index (χ4n) is 4.43. The lowest BCUT2D eigenvalue weighted by Gasteiger charge is -2.35. The van der Waals surface area contributed by atoms with Crippen molar-refractivity contribution >= 4 is 44.9 Å². The van der Waals surface area contributed by atoms with Gasteiger partial charge in [-0.05, 0) is 59.7 Å². The molecule has 1 fully saturated rings. The Kier molecular flexibility index (Phi) is 5.53. The summed E-state index contributed by atoms with van der Waals surface area (Å²) in [6.45, 7) is 1.09. The highest BCUT2D eigenvalue weighted by Gasteiger charge is 2.35. The molecule has 0 radical (unpaired) electrons.